The van der Waals surface area contributed by atoms with E-state index >= 15 is 0 Å². The van der Waals surface area contributed by atoms with Gasteiger partial charge >= 0.3 is 6.09 Å². The summed E-state index contributed by atoms with van der Waals surface area (Å²) >= 11 is 0. The lowest BCUT2D eigenvalue weighted by molar-refractivity contribution is -0.142. The number of carbonyl (C=O) groups excluding carboxylic acids is 3. The highest BCUT2D eigenvalue weighted by Gasteiger charge is 2.35. The number of hydrogen-bond acceptors (Lipinski definition) is 6. The molecule has 1 aromatic carbocycles. The molecule has 1 aromatic rings. The number of alkyl carbamates (subject to hydrolysis) is 1. The summed E-state index contributed by atoms with van der Waals surface area (Å²) in [6, 6.07) is 2.24. The number of phenolic OH excluding ortho intramolecular Hbond substituents is 1. The van der Waals surface area contributed by atoms with Gasteiger partial charge in [-0.15, -0.1) is 6.58 Å². The zero-order chi connectivity index (χ0) is 25.2. The topological polar surface area (TPSA) is 128 Å². The van der Waals surface area contributed by atoms with Crippen LogP contribution in [0.3, 0.4) is 0 Å². The standard InChI is InChI=1S/C24H37N3O6/c1-7-9-12-25-21(30)20(17-10-11-19(29)16(3)14-17)27(13-8-2)22(31)18(15-28)26-23(32)33-24(4,5)6/h8,10-11,14,18,20,28-29H,2,7,9,12-13,15H2,1,3-6H3,(H,25,30)(H,26,32). The van der Waals surface area contributed by atoms with Crippen molar-refractivity contribution in [2.45, 2.75) is 65.1 Å². The van der Waals surface area contributed by atoms with Crippen LogP contribution in [0.2, 0.25) is 0 Å². The molecule has 1 rings (SSSR count). The fourth-order valence-electron chi connectivity index (χ4n) is 3.10. The van der Waals surface area contributed by atoms with Crippen LogP contribution in [0.4, 0.5) is 4.79 Å². The maximum atomic E-state index is 13.4. The second kappa shape index (κ2) is 12.8. The second-order valence-electron chi connectivity index (χ2n) is 8.75. The van der Waals surface area contributed by atoms with Crippen LogP contribution >= 0.6 is 0 Å². The van der Waals surface area contributed by atoms with Gasteiger partial charge in [-0.25, -0.2) is 4.79 Å². The molecule has 184 valence electrons. The van der Waals surface area contributed by atoms with Gasteiger partial charge < -0.3 is 30.5 Å². The molecule has 0 heterocycles. The van der Waals surface area contributed by atoms with E-state index in [-0.39, 0.29) is 12.3 Å². The minimum absolute atomic E-state index is 0.0167. The molecule has 4 N–H and O–H groups in total. The van der Waals surface area contributed by atoms with E-state index in [9.17, 15) is 24.6 Å². The van der Waals surface area contributed by atoms with Crippen molar-refractivity contribution in [1.29, 1.82) is 0 Å². The van der Waals surface area contributed by atoms with Gasteiger partial charge in [-0.05, 0) is 57.4 Å². The molecule has 9 heteroatoms. The molecule has 9 nitrogen and oxygen atoms in total. The normalized spacial score (nSPS) is 12.9. The quantitative estimate of drug-likeness (QED) is 0.295. The number of carbonyl (C=O) groups is 3. The predicted molar refractivity (Wildman–Crippen MR) is 126 cm³/mol. The van der Waals surface area contributed by atoms with Crippen molar-refractivity contribution >= 4 is 17.9 Å². The van der Waals surface area contributed by atoms with E-state index in [0.717, 1.165) is 12.8 Å². The molecular formula is C24H37N3O6. The first kappa shape index (κ1) is 28.0. The fourth-order valence-corrected chi connectivity index (χ4v) is 3.10. The minimum atomic E-state index is -1.33. The van der Waals surface area contributed by atoms with Crippen molar-refractivity contribution in [3.8, 4) is 5.75 Å². The number of unbranched alkanes of at least 4 members (excludes halogenated alkanes) is 1. The first-order valence-corrected chi connectivity index (χ1v) is 11.0. The molecule has 0 aromatic heterocycles. The third kappa shape index (κ3) is 8.76. The lowest BCUT2D eigenvalue weighted by Crippen LogP contribution is -2.54. The van der Waals surface area contributed by atoms with E-state index in [2.05, 4.69) is 17.2 Å². The highest BCUT2D eigenvalue weighted by molar-refractivity contribution is 5.92. The third-order valence-corrected chi connectivity index (χ3v) is 4.71. The summed E-state index contributed by atoms with van der Waals surface area (Å²) in [6.07, 6.45) is 2.24. The molecule has 0 aliphatic heterocycles. The fraction of sp³-hybridized carbons (Fsp3) is 0.542. The molecule has 0 fully saturated rings. The third-order valence-electron chi connectivity index (χ3n) is 4.71. The van der Waals surface area contributed by atoms with Crippen molar-refractivity contribution in [1.82, 2.24) is 15.5 Å². The summed E-state index contributed by atoms with van der Waals surface area (Å²) < 4.78 is 5.19. The number of aromatic hydroxyl groups is 1. The predicted octanol–water partition coefficient (Wildman–Crippen LogP) is 2.56. The second-order valence-corrected chi connectivity index (χ2v) is 8.75. The lowest BCUT2D eigenvalue weighted by Gasteiger charge is -2.33. The number of aliphatic hydroxyl groups excluding tert-OH is 1. The number of phenols is 1. The summed E-state index contributed by atoms with van der Waals surface area (Å²) in [5.41, 5.74) is 0.220. The van der Waals surface area contributed by atoms with E-state index in [1.165, 1.54) is 17.0 Å². The first-order valence-electron chi connectivity index (χ1n) is 11.0. The van der Waals surface area contributed by atoms with E-state index in [1.807, 2.05) is 6.92 Å². The molecule has 0 saturated carbocycles. The molecule has 2 atom stereocenters. The number of ether oxygens (including phenoxy) is 1. The number of aliphatic hydroxyl groups is 1. The lowest BCUT2D eigenvalue weighted by atomic mass is 10.00. The van der Waals surface area contributed by atoms with Crippen LogP contribution < -0.4 is 10.6 Å². The van der Waals surface area contributed by atoms with Gasteiger partial charge in [0.15, 0.2) is 0 Å². The van der Waals surface area contributed by atoms with Crippen molar-refractivity contribution in [2.24, 2.45) is 0 Å². The zero-order valence-electron chi connectivity index (χ0n) is 20.2. The molecular weight excluding hydrogens is 426 g/mol. The zero-order valence-corrected chi connectivity index (χ0v) is 20.2. The number of nitrogens with zero attached hydrogens (tertiary/aromatic N) is 1. The van der Waals surface area contributed by atoms with E-state index in [0.29, 0.717) is 17.7 Å². The van der Waals surface area contributed by atoms with Gasteiger partial charge in [-0.1, -0.05) is 25.5 Å². The average molecular weight is 464 g/mol. The average Bonchev–Trinajstić information content (AvgIpc) is 2.72. The number of rotatable bonds is 11. The Bertz CT molecular complexity index is 834. The van der Waals surface area contributed by atoms with Crippen LogP contribution in [-0.2, 0) is 14.3 Å². The monoisotopic (exact) mass is 463 g/mol. The molecule has 0 spiro atoms. The van der Waals surface area contributed by atoms with Gasteiger partial charge in [-0.2, -0.15) is 0 Å². The summed E-state index contributed by atoms with van der Waals surface area (Å²) in [7, 11) is 0. The molecule has 3 amide bonds. The summed E-state index contributed by atoms with van der Waals surface area (Å²) in [4.78, 5) is 40.0. The highest BCUT2D eigenvalue weighted by Crippen LogP contribution is 2.27. The van der Waals surface area contributed by atoms with Gasteiger partial charge in [0.25, 0.3) is 0 Å². The Morgan fingerprint density at radius 1 is 1.27 bits per heavy atom. The largest absolute Gasteiger partial charge is 0.508 e. The molecule has 0 bridgehead atoms. The van der Waals surface area contributed by atoms with Gasteiger partial charge in [0, 0.05) is 13.1 Å². The van der Waals surface area contributed by atoms with E-state index in [4.69, 9.17) is 4.74 Å². The summed E-state index contributed by atoms with van der Waals surface area (Å²) in [6.45, 7) is 12.1. The minimum Gasteiger partial charge on any atom is -0.508 e. The van der Waals surface area contributed by atoms with Crippen LogP contribution in [0.5, 0.6) is 5.75 Å². The highest BCUT2D eigenvalue weighted by atomic mass is 16.6. The van der Waals surface area contributed by atoms with Gasteiger partial charge in [0.05, 0.1) is 6.61 Å². The Labute approximate surface area is 195 Å². The molecule has 0 radical (unpaired) electrons. The van der Waals surface area contributed by atoms with E-state index in [1.54, 1.807) is 39.8 Å². The van der Waals surface area contributed by atoms with Crippen LogP contribution in [-0.4, -0.2) is 64.4 Å². The number of nitrogens with one attached hydrogen (secondary N) is 2. The van der Waals surface area contributed by atoms with Gasteiger partial charge in [0.1, 0.15) is 23.4 Å². The number of hydrogen-bond donors (Lipinski definition) is 4. The van der Waals surface area contributed by atoms with Crippen LogP contribution in [0, 0.1) is 6.92 Å². The van der Waals surface area contributed by atoms with Crippen molar-refractivity contribution < 1.29 is 29.3 Å². The molecule has 0 saturated heterocycles. The smallest absolute Gasteiger partial charge is 0.408 e. The Balaban J connectivity index is 3.33. The number of benzene rings is 1. The number of amides is 3. The Hall–Kier alpha value is -3.07. The van der Waals surface area contributed by atoms with Crippen molar-refractivity contribution in [3.63, 3.8) is 0 Å². The summed E-state index contributed by atoms with van der Waals surface area (Å²) in [5, 5.41) is 24.9. The summed E-state index contributed by atoms with van der Waals surface area (Å²) in [5.74, 6) is -1.03. The Morgan fingerprint density at radius 2 is 1.94 bits per heavy atom. The maximum absolute atomic E-state index is 13.4. The Morgan fingerprint density at radius 3 is 2.45 bits per heavy atom. The number of aryl methyl sites for hydroxylation is 1. The molecule has 2 unspecified atom stereocenters. The molecule has 33 heavy (non-hydrogen) atoms. The van der Waals surface area contributed by atoms with Crippen molar-refractivity contribution in [2.75, 3.05) is 19.7 Å². The maximum Gasteiger partial charge on any atom is 0.408 e. The van der Waals surface area contributed by atoms with Gasteiger partial charge in [0.2, 0.25) is 11.8 Å². The van der Waals surface area contributed by atoms with Crippen LogP contribution in [0.15, 0.2) is 30.9 Å². The molecule has 0 aliphatic carbocycles. The Kier molecular flexibility index (Phi) is 10.9. The van der Waals surface area contributed by atoms with Crippen LogP contribution in [0.1, 0.15) is 57.7 Å². The molecule has 0 aliphatic rings. The van der Waals surface area contributed by atoms with Gasteiger partial charge in [-0.3, -0.25) is 9.59 Å². The van der Waals surface area contributed by atoms with Crippen LogP contribution in [0.25, 0.3) is 0 Å². The van der Waals surface area contributed by atoms with Crippen molar-refractivity contribution in [3.05, 3.63) is 42.0 Å². The SMILES string of the molecule is C=CCN(C(=O)C(CO)NC(=O)OC(C)(C)C)C(C(=O)NCCCC)c1ccc(O)c(C)c1. The van der Waals surface area contributed by atoms with E-state index < -0.39 is 42.2 Å². The first-order chi connectivity index (χ1) is 15.4.